The Morgan fingerprint density at radius 1 is 0.917 bits per heavy atom. The zero-order valence-electron chi connectivity index (χ0n) is 15.2. The van der Waals surface area contributed by atoms with Crippen LogP contribution in [0.1, 0.15) is 75.6 Å². The summed E-state index contributed by atoms with van der Waals surface area (Å²) in [6.07, 6.45) is 13.0. The van der Waals surface area contributed by atoms with Gasteiger partial charge >= 0.3 is 5.96 Å². The van der Waals surface area contributed by atoms with Gasteiger partial charge in [-0.15, -0.1) is 0 Å². The second kappa shape index (κ2) is 7.95. The molecule has 132 valence electrons. The van der Waals surface area contributed by atoms with E-state index in [2.05, 4.69) is 19.9 Å². The Balaban J connectivity index is 1.86. The van der Waals surface area contributed by atoms with E-state index in [1.807, 2.05) is 19.9 Å². The van der Waals surface area contributed by atoms with Gasteiger partial charge in [-0.2, -0.15) is 0 Å². The van der Waals surface area contributed by atoms with Crippen molar-refractivity contribution in [2.24, 2.45) is 5.73 Å². The lowest BCUT2D eigenvalue weighted by atomic mass is 9.90. The van der Waals surface area contributed by atoms with Gasteiger partial charge in [0, 0.05) is 11.4 Å². The molecule has 5 heteroatoms. The molecule has 0 aromatic carbocycles. The summed E-state index contributed by atoms with van der Waals surface area (Å²) in [6, 6.07) is 3.13. The summed E-state index contributed by atoms with van der Waals surface area (Å²) in [5.74, 6) is 1.38. The van der Waals surface area contributed by atoms with Crippen molar-refractivity contribution in [1.82, 2.24) is 9.97 Å². The molecule has 3 N–H and O–H groups in total. The summed E-state index contributed by atoms with van der Waals surface area (Å²) >= 11 is 0. The Kier molecular flexibility index (Phi) is 5.69. The van der Waals surface area contributed by atoms with Crippen LogP contribution in [-0.2, 0) is 0 Å². The summed E-state index contributed by atoms with van der Waals surface area (Å²) in [5.41, 5.74) is 8.51. The zero-order chi connectivity index (χ0) is 16.9. The van der Waals surface area contributed by atoms with Crippen molar-refractivity contribution in [3.05, 3.63) is 17.5 Å². The predicted molar refractivity (Wildman–Crippen MR) is 98.3 cm³/mol. The van der Waals surface area contributed by atoms with Gasteiger partial charge in [0.05, 0.1) is 12.1 Å². The number of aryl methyl sites for hydroxylation is 2. The molecule has 0 bridgehead atoms. The fourth-order valence-corrected chi connectivity index (χ4v) is 4.37. The maximum Gasteiger partial charge on any atom is 0.351 e. The quantitative estimate of drug-likeness (QED) is 0.506. The maximum absolute atomic E-state index is 6.56. The van der Waals surface area contributed by atoms with Crippen molar-refractivity contribution in [1.29, 1.82) is 0 Å². The van der Waals surface area contributed by atoms with Crippen molar-refractivity contribution < 1.29 is 4.58 Å². The van der Waals surface area contributed by atoms with E-state index in [1.54, 1.807) is 0 Å². The molecule has 2 aliphatic rings. The van der Waals surface area contributed by atoms with Crippen molar-refractivity contribution in [2.45, 2.75) is 90.1 Å². The molecule has 0 radical (unpaired) electrons. The molecule has 5 nitrogen and oxygen atoms in total. The Bertz CT molecular complexity index is 543. The number of aromatic nitrogens is 2. The fourth-order valence-electron chi connectivity index (χ4n) is 4.37. The first kappa shape index (κ1) is 17.2. The molecule has 0 saturated heterocycles. The molecular formula is C19H32N5+. The van der Waals surface area contributed by atoms with E-state index >= 15 is 0 Å². The van der Waals surface area contributed by atoms with Crippen LogP contribution in [0.15, 0.2) is 6.07 Å². The molecule has 0 spiro atoms. The van der Waals surface area contributed by atoms with E-state index in [4.69, 9.17) is 5.73 Å². The minimum absolute atomic E-state index is 0.570. The lowest BCUT2D eigenvalue weighted by molar-refractivity contribution is -0.608. The summed E-state index contributed by atoms with van der Waals surface area (Å²) < 4.78 is 2.49. The normalized spacial score (nSPS) is 19.9. The molecule has 2 saturated carbocycles. The molecule has 0 atom stereocenters. The van der Waals surface area contributed by atoms with E-state index in [0.717, 1.165) is 17.3 Å². The lowest BCUT2D eigenvalue weighted by Crippen LogP contribution is -2.47. The molecular weight excluding hydrogens is 298 g/mol. The second-order valence-electron chi connectivity index (χ2n) is 7.48. The van der Waals surface area contributed by atoms with E-state index in [9.17, 15) is 0 Å². The topological polar surface area (TPSA) is 66.8 Å². The highest BCUT2D eigenvalue weighted by Crippen LogP contribution is 2.27. The maximum atomic E-state index is 6.56. The van der Waals surface area contributed by atoms with Crippen LogP contribution in [-0.4, -0.2) is 32.6 Å². The number of hydrogen-bond acceptors (Lipinski definition) is 2. The van der Waals surface area contributed by atoms with Gasteiger partial charge in [-0.25, -0.2) is 15.3 Å². The Hall–Kier alpha value is -1.65. The number of rotatable bonds is 3. The van der Waals surface area contributed by atoms with Crippen LogP contribution in [0.4, 0.5) is 5.95 Å². The summed E-state index contributed by atoms with van der Waals surface area (Å²) in [7, 11) is 0. The van der Waals surface area contributed by atoms with Gasteiger partial charge in [0.25, 0.3) is 5.95 Å². The van der Waals surface area contributed by atoms with Crippen molar-refractivity contribution >= 4 is 11.9 Å². The number of nitrogens with two attached hydrogens (primary N) is 1. The lowest BCUT2D eigenvalue weighted by Gasteiger charge is -2.33. The van der Waals surface area contributed by atoms with Gasteiger partial charge in [0.2, 0.25) is 0 Å². The second-order valence-corrected chi connectivity index (χ2v) is 7.48. The molecule has 0 amide bonds. The van der Waals surface area contributed by atoms with Crippen molar-refractivity contribution in [2.75, 3.05) is 5.32 Å². The first-order valence-corrected chi connectivity index (χ1v) is 9.63. The molecule has 24 heavy (non-hydrogen) atoms. The van der Waals surface area contributed by atoms with Gasteiger partial charge in [-0.1, -0.05) is 38.5 Å². The minimum Gasteiger partial charge on any atom is -0.290 e. The largest absolute Gasteiger partial charge is 0.351 e. The summed E-state index contributed by atoms with van der Waals surface area (Å²) in [4.78, 5) is 8.99. The number of nitrogens with one attached hydrogen (secondary N) is 1. The van der Waals surface area contributed by atoms with Crippen LogP contribution in [0.5, 0.6) is 0 Å². The smallest absolute Gasteiger partial charge is 0.290 e. The SMILES string of the molecule is Cc1cc(C)nc(NC(N)=[N+](C2CCCCC2)C2CCCCC2)n1. The molecule has 0 unspecified atom stereocenters. The Morgan fingerprint density at radius 3 is 1.83 bits per heavy atom. The van der Waals surface area contributed by atoms with Gasteiger partial charge in [-0.3, -0.25) is 10.3 Å². The molecule has 2 fully saturated rings. The van der Waals surface area contributed by atoms with Crippen molar-refractivity contribution in [3.8, 4) is 0 Å². The van der Waals surface area contributed by atoms with Crippen LogP contribution in [0.3, 0.4) is 0 Å². The van der Waals surface area contributed by atoms with E-state index in [1.165, 1.54) is 64.2 Å². The van der Waals surface area contributed by atoms with E-state index < -0.39 is 0 Å². The number of nitrogens with zero attached hydrogens (tertiary/aromatic N) is 3. The standard InChI is InChI=1S/C19H31N5/c1-14-13-15(2)22-19(21-14)23-18(20)24(16-9-5-3-6-10-16)17-11-7-4-8-12-17/h13,16-17H,3-12H2,1-2H3,(H2,20,21,22,23)/p+1. The molecule has 1 aromatic rings. The van der Waals surface area contributed by atoms with Crippen LogP contribution in [0.25, 0.3) is 0 Å². The van der Waals surface area contributed by atoms with Crippen LogP contribution < -0.4 is 11.1 Å². The molecule has 2 aliphatic carbocycles. The summed E-state index contributed by atoms with van der Waals surface area (Å²) in [6.45, 7) is 3.99. The first-order valence-electron chi connectivity index (χ1n) is 9.63. The van der Waals surface area contributed by atoms with E-state index in [-0.39, 0.29) is 0 Å². The average Bonchev–Trinajstić information content (AvgIpc) is 2.56. The monoisotopic (exact) mass is 330 g/mol. The molecule has 1 heterocycles. The highest BCUT2D eigenvalue weighted by molar-refractivity contribution is 5.86. The third-order valence-corrected chi connectivity index (χ3v) is 5.44. The number of hydrogen-bond donors (Lipinski definition) is 2. The third kappa shape index (κ3) is 4.25. The minimum atomic E-state index is 0.570. The molecule has 3 rings (SSSR count). The summed E-state index contributed by atoms with van der Waals surface area (Å²) in [5, 5.41) is 3.32. The average molecular weight is 331 g/mol. The predicted octanol–water partition coefficient (Wildman–Crippen LogP) is 3.50. The number of anilines is 1. The third-order valence-electron chi connectivity index (χ3n) is 5.44. The van der Waals surface area contributed by atoms with Crippen molar-refractivity contribution in [3.63, 3.8) is 0 Å². The highest BCUT2D eigenvalue weighted by Gasteiger charge is 2.30. The Morgan fingerprint density at radius 2 is 1.38 bits per heavy atom. The van der Waals surface area contributed by atoms with Gasteiger partial charge < -0.3 is 0 Å². The van der Waals surface area contributed by atoms with Crippen LogP contribution in [0, 0.1) is 13.8 Å². The molecule has 1 aromatic heterocycles. The number of guanidine groups is 1. The zero-order valence-corrected chi connectivity index (χ0v) is 15.2. The van der Waals surface area contributed by atoms with Gasteiger partial charge in [0.1, 0.15) is 0 Å². The Labute approximate surface area is 145 Å². The molecule has 0 aliphatic heterocycles. The van der Waals surface area contributed by atoms with Gasteiger partial charge in [0.15, 0.2) is 0 Å². The fraction of sp³-hybridized carbons (Fsp3) is 0.737. The van der Waals surface area contributed by atoms with Crippen LogP contribution >= 0.6 is 0 Å². The van der Waals surface area contributed by atoms with Crippen LogP contribution in [0.2, 0.25) is 0 Å². The highest BCUT2D eigenvalue weighted by atomic mass is 15.3. The van der Waals surface area contributed by atoms with Gasteiger partial charge in [-0.05, 0) is 45.6 Å². The van der Waals surface area contributed by atoms with E-state index in [0.29, 0.717) is 18.0 Å². The first-order chi connectivity index (χ1) is 11.6.